The van der Waals surface area contributed by atoms with Crippen LogP contribution in [0.4, 0.5) is 0 Å². The van der Waals surface area contributed by atoms with Crippen LogP contribution in [0.3, 0.4) is 0 Å². The molecule has 2 aromatic carbocycles. The molecule has 0 saturated carbocycles. The zero-order valence-electron chi connectivity index (χ0n) is 20.9. The smallest absolute Gasteiger partial charge is 0.227 e. The molecule has 2 nitrogen and oxygen atoms in total. The van der Waals surface area contributed by atoms with E-state index in [9.17, 15) is 9.90 Å². The molecule has 0 saturated heterocycles. The molecule has 2 rings (SSSR count). The molecule has 0 aliphatic heterocycles. The van der Waals surface area contributed by atoms with Gasteiger partial charge in [-0.05, 0) is 71.4 Å². The van der Waals surface area contributed by atoms with Gasteiger partial charge < -0.3 is 5.11 Å². The van der Waals surface area contributed by atoms with E-state index in [2.05, 4.69) is 65.8 Å². The van der Waals surface area contributed by atoms with Crippen molar-refractivity contribution in [2.45, 2.75) is 97.8 Å². The van der Waals surface area contributed by atoms with E-state index >= 15 is 0 Å². The van der Waals surface area contributed by atoms with E-state index < -0.39 is 0 Å². The molecule has 3 unspecified atom stereocenters. The topological polar surface area (TPSA) is 37.3 Å². The van der Waals surface area contributed by atoms with Crippen LogP contribution in [-0.4, -0.2) is 10.9 Å². The van der Waals surface area contributed by atoms with Crippen LogP contribution < -0.4 is 0 Å². The molecule has 2 heteroatoms. The highest BCUT2D eigenvalue weighted by Gasteiger charge is 2.17. The van der Waals surface area contributed by atoms with Crippen LogP contribution in [-0.2, 0) is 0 Å². The lowest BCUT2D eigenvalue weighted by Gasteiger charge is -2.18. The fourth-order valence-corrected chi connectivity index (χ4v) is 4.61. The Morgan fingerprint density at radius 1 is 0.812 bits per heavy atom. The quantitative estimate of drug-likeness (QED) is 0.205. The van der Waals surface area contributed by atoms with Crippen LogP contribution in [0.25, 0.3) is 6.08 Å². The summed E-state index contributed by atoms with van der Waals surface area (Å²) in [6, 6.07) is 14.3. The van der Waals surface area contributed by atoms with Gasteiger partial charge in [-0.3, -0.25) is 4.79 Å². The molecule has 0 amide bonds. The molecule has 0 radical (unpaired) electrons. The van der Waals surface area contributed by atoms with Crippen molar-refractivity contribution in [2.24, 2.45) is 0 Å². The number of carbonyl (C=O) groups excluding carboxylic acids is 1. The second-order valence-corrected chi connectivity index (χ2v) is 9.44. The number of hydrogen-bond donors (Lipinski definition) is 1. The third kappa shape index (κ3) is 6.82. The normalized spacial score (nSPS) is 14.8. The Morgan fingerprint density at radius 3 is 1.97 bits per heavy atom. The largest absolute Gasteiger partial charge is 0.504 e. The summed E-state index contributed by atoms with van der Waals surface area (Å²) in [6.07, 6.45) is 8.32. The average molecular weight is 435 g/mol. The van der Waals surface area contributed by atoms with Gasteiger partial charge in [-0.15, -0.1) is 0 Å². The Hall–Kier alpha value is -2.35. The Balaban J connectivity index is 2.42. The van der Waals surface area contributed by atoms with Gasteiger partial charge in [0.1, 0.15) is 0 Å². The number of hydrogen-bond acceptors (Lipinski definition) is 2. The van der Waals surface area contributed by atoms with Crippen molar-refractivity contribution in [2.75, 3.05) is 0 Å². The summed E-state index contributed by atoms with van der Waals surface area (Å²) < 4.78 is 0. The first-order chi connectivity index (χ1) is 15.3. The number of Topliss-reactive ketones (excluding diaryl/α,β-unsaturated/α-hetero) is 1. The summed E-state index contributed by atoms with van der Waals surface area (Å²) >= 11 is 0. The molecule has 2 aromatic rings. The van der Waals surface area contributed by atoms with Gasteiger partial charge in [-0.1, -0.05) is 97.2 Å². The van der Waals surface area contributed by atoms with Crippen LogP contribution in [0.15, 0.2) is 48.2 Å². The van der Waals surface area contributed by atoms with E-state index in [0.29, 0.717) is 23.3 Å². The number of allylic oxidation sites excluding steroid dienone is 1. The molecule has 32 heavy (non-hydrogen) atoms. The molecule has 0 aromatic heterocycles. The van der Waals surface area contributed by atoms with E-state index in [1.807, 2.05) is 12.1 Å². The molecule has 0 fully saturated rings. The van der Waals surface area contributed by atoms with Crippen molar-refractivity contribution in [3.8, 4) is 0 Å². The van der Waals surface area contributed by atoms with E-state index in [4.69, 9.17) is 0 Å². The summed E-state index contributed by atoms with van der Waals surface area (Å²) in [5.41, 5.74) is 5.13. The third-order valence-electron chi connectivity index (χ3n) is 6.62. The molecular weight excluding hydrogens is 392 g/mol. The van der Waals surface area contributed by atoms with Crippen LogP contribution >= 0.6 is 0 Å². The molecule has 1 N–H and O–H groups in total. The highest BCUT2D eigenvalue weighted by molar-refractivity contribution is 6.09. The first-order valence-corrected chi connectivity index (χ1v) is 12.5. The monoisotopic (exact) mass is 434 g/mol. The lowest BCUT2D eigenvalue weighted by molar-refractivity contribution is 0.0980. The Labute approximate surface area is 195 Å². The maximum atomic E-state index is 13.1. The number of carbonyl (C=O) groups is 1. The predicted molar refractivity (Wildman–Crippen MR) is 138 cm³/mol. The van der Waals surface area contributed by atoms with E-state index in [1.54, 1.807) is 12.1 Å². The number of aliphatic hydroxyl groups is 1. The molecule has 0 bridgehead atoms. The highest BCUT2D eigenvalue weighted by atomic mass is 16.3. The van der Waals surface area contributed by atoms with E-state index in [1.165, 1.54) is 11.1 Å². The fourth-order valence-electron chi connectivity index (χ4n) is 4.61. The van der Waals surface area contributed by atoms with Crippen molar-refractivity contribution in [3.05, 3.63) is 76.0 Å². The SMILES string of the molecule is CCCC(C)c1cccc(C(=O)/C(O)=C/c2cc(C(C)CCC)ccc2C(C)CCC)c1. The molecule has 0 aliphatic carbocycles. The number of ketones is 1. The molecule has 0 aliphatic rings. The Kier molecular flexibility index (Phi) is 10.2. The van der Waals surface area contributed by atoms with Crippen LogP contribution in [0.5, 0.6) is 0 Å². The van der Waals surface area contributed by atoms with Gasteiger partial charge in [0.2, 0.25) is 5.78 Å². The lowest BCUT2D eigenvalue weighted by Crippen LogP contribution is -2.06. The Morgan fingerprint density at radius 2 is 1.38 bits per heavy atom. The van der Waals surface area contributed by atoms with Gasteiger partial charge in [0.05, 0.1) is 0 Å². The van der Waals surface area contributed by atoms with Crippen molar-refractivity contribution < 1.29 is 9.90 Å². The molecule has 0 spiro atoms. The lowest BCUT2D eigenvalue weighted by atomic mass is 9.87. The van der Waals surface area contributed by atoms with E-state index in [-0.39, 0.29) is 11.5 Å². The van der Waals surface area contributed by atoms with Gasteiger partial charge in [0.15, 0.2) is 5.76 Å². The molecule has 3 atom stereocenters. The first-order valence-electron chi connectivity index (χ1n) is 12.5. The van der Waals surface area contributed by atoms with E-state index in [0.717, 1.165) is 49.7 Å². The predicted octanol–water partition coefficient (Wildman–Crippen LogP) is 9.18. The van der Waals surface area contributed by atoms with Crippen molar-refractivity contribution in [3.63, 3.8) is 0 Å². The zero-order chi connectivity index (χ0) is 23.7. The number of rotatable bonds is 12. The standard InChI is InChI=1S/C30H42O2/c1-7-11-21(4)24-14-10-15-26(18-24)30(32)29(31)20-27-19-25(22(5)12-8-2)16-17-28(27)23(6)13-9-3/h10,14-23,31H,7-9,11-13H2,1-6H3/b29-20-. The number of aliphatic hydroxyl groups excluding tert-OH is 1. The van der Waals surface area contributed by atoms with Gasteiger partial charge >= 0.3 is 0 Å². The second-order valence-electron chi connectivity index (χ2n) is 9.44. The van der Waals surface area contributed by atoms with Gasteiger partial charge in [0, 0.05) is 5.56 Å². The van der Waals surface area contributed by atoms with Crippen LogP contribution in [0.1, 0.15) is 130 Å². The minimum absolute atomic E-state index is 0.185. The zero-order valence-corrected chi connectivity index (χ0v) is 20.9. The van der Waals surface area contributed by atoms with Gasteiger partial charge in [-0.25, -0.2) is 0 Å². The minimum atomic E-state index is -0.309. The second kappa shape index (κ2) is 12.6. The van der Waals surface area contributed by atoms with Crippen LogP contribution in [0.2, 0.25) is 0 Å². The summed E-state index contributed by atoms with van der Waals surface area (Å²) in [5.74, 6) is 0.740. The first kappa shape index (κ1) is 25.9. The summed E-state index contributed by atoms with van der Waals surface area (Å²) in [4.78, 5) is 13.1. The Bertz CT molecular complexity index is 909. The summed E-state index contributed by atoms with van der Waals surface area (Å²) in [5, 5.41) is 10.8. The maximum Gasteiger partial charge on any atom is 0.227 e. The maximum absolute atomic E-state index is 13.1. The van der Waals surface area contributed by atoms with Crippen molar-refractivity contribution >= 4 is 11.9 Å². The number of benzene rings is 2. The minimum Gasteiger partial charge on any atom is -0.504 e. The van der Waals surface area contributed by atoms with Gasteiger partial charge in [-0.2, -0.15) is 0 Å². The third-order valence-corrected chi connectivity index (χ3v) is 6.62. The molecule has 174 valence electrons. The van der Waals surface area contributed by atoms with Crippen molar-refractivity contribution in [1.82, 2.24) is 0 Å². The fraction of sp³-hybridized carbons (Fsp3) is 0.500. The van der Waals surface area contributed by atoms with Crippen molar-refractivity contribution in [1.29, 1.82) is 0 Å². The summed E-state index contributed by atoms with van der Waals surface area (Å²) in [6.45, 7) is 13.2. The highest BCUT2D eigenvalue weighted by Crippen LogP contribution is 2.31. The summed E-state index contributed by atoms with van der Waals surface area (Å²) in [7, 11) is 0. The molecular formula is C30H42O2. The van der Waals surface area contributed by atoms with Gasteiger partial charge in [0.25, 0.3) is 0 Å². The van der Waals surface area contributed by atoms with Crippen LogP contribution in [0, 0.1) is 0 Å². The average Bonchev–Trinajstić information content (AvgIpc) is 2.79. The molecule has 0 heterocycles.